The van der Waals surface area contributed by atoms with Gasteiger partial charge in [0.05, 0.1) is 19.4 Å². The fourth-order valence-electron chi connectivity index (χ4n) is 2.96. The van der Waals surface area contributed by atoms with Gasteiger partial charge in [-0.3, -0.25) is 9.69 Å². The Morgan fingerprint density at radius 2 is 1.86 bits per heavy atom. The second-order valence-electron chi connectivity index (χ2n) is 6.68. The quantitative estimate of drug-likeness (QED) is 0.514. The molecule has 1 amide bonds. The molecule has 3 aromatic rings. The van der Waals surface area contributed by atoms with Gasteiger partial charge in [0.25, 0.3) is 5.91 Å². The summed E-state index contributed by atoms with van der Waals surface area (Å²) in [5.41, 5.74) is 0.805. The number of thiophene rings is 1. The SMILES string of the molecule is CN(C)CCCN(C(=O)c1ccc(Cl)s1)c1nc2cc3c(cc2s1)OCCO3.Cl. The first kappa shape index (κ1) is 22.1. The normalized spacial score (nSPS) is 12.8. The molecular formula is C19H21Cl2N3O3S2. The Labute approximate surface area is 188 Å². The second kappa shape index (κ2) is 9.49. The van der Waals surface area contributed by atoms with Gasteiger partial charge in [-0.1, -0.05) is 22.9 Å². The number of carbonyl (C=O) groups excluding carboxylic acids is 1. The number of halogens is 2. The standard InChI is InChI=1S/C19H20ClN3O3S2.ClH/c1-22(2)6-3-7-23(18(24)15-4-5-17(20)27-15)19-21-12-10-13-14(11-16(12)28-19)26-9-8-25-13;/h4-5,10-11H,3,6-9H2,1-2H3;1H. The zero-order chi connectivity index (χ0) is 19.7. The Bertz CT molecular complexity index is 963. The Balaban J connectivity index is 0.00000240. The number of ether oxygens (including phenoxy) is 2. The summed E-state index contributed by atoms with van der Waals surface area (Å²) in [6, 6.07) is 7.34. The van der Waals surface area contributed by atoms with Gasteiger partial charge in [0, 0.05) is 18.7 Å². The minimum Gasteiger partial charge on any atom is -0.486 e. The van der Waals surface area contributed by atoms with Gasteiger partial charge in [0.2, 0.25) is 0 Å². The Kier molecular flexibility index (Phi) is 7.23. The van der Waals surface area contributed by atoms with Crippen molar-refractivity contribution in [3.05, 3.63) is 33.5 Å². The number of nitrogens with zero attached hydrogens (tertiary/aromatic N) is 3. The van der Waals surface area contributed by atoms with Crippen molar-refractivity contribution in [2.24, 2.45) is 0 Å². The summed E-state index contributed by atoms with van der Waals surface area (Å²) in [5.74, 6) is 1.35. The van der Waals surface area contributed by atoms with Gasteiger partial charge in [0.1, 0.15) is 13.2 Å². The van der Waals surface area contributed by atoms with Gasteiger partial charge in [-0.25, -0.2) is 4.98 Å². The number of hydrogen-bond acceptors (Lipinski definition) is 7. The first-order chi connectivity index (χ1) is 13.5. The van der Waals surface area contributed by atoms with E-state index in [1.54, 1.807) is 17.0 Å². The van der Waals surface area contributed by atoms with E-state index in [9.17, 15) is 4.79 Å². The molecule has 3 heterocycles. The van der Waals surface area contributed by atoms with E-state index in [0.717, 1.165) is 28.9 Å². The molecule has 2 aromatic heterocycles. The van der Waals surface area contributed by atoms with Crippen molar-refractivity contribution in [1.29, 1.82) is 0 Å². The van der Waals surface area contributed by atoms with Crippen LogP contribution in [0.25, 0.3) is 10.2 Å². The molecule has 1 aliphatic rings. The van der Waals surface area contributed by atoms with Gasteiger partial charge in [-0.05, 0) is 39.2 Å². The predicted octanol–water partition coefficient (Wildman–Crippen LogP) is 4.80. The van der Waals surface area contributed by atoms with Crippen molar-refractivity contribution in [2.45, 2.75) is 6.42 Å². The number of hydrogen-bond donors (Lipinski definition) is 0. The molecule has 0 saturated heterocycles. The van der Waals surface area contributed by atoms with Crippen LogP contribution >= 0.6 is 46.7 Å². The number of fused-ring (bicyclic) bond motifs is 2. The lowest BCUT2D eigenvalue weighted by atomic mass is 10.3. The molecule has 10 heteroatoms. The summed E-state index contributed by atoms with van der Waals surface area (Å²) in [6.07, 6.45) is 0.844. The van der Waals surface area contributed by atoms with E-state index in [0.29, 0.717) is 39.9 Å². The van der Waals surface area contributed by atoms with E-state index in [4.69, 9.17) is 26.1 Å². The van der Waals surface area contributed by atoms with Crippen LogP contribution in [0.1, 0.15) is 16.1 Å². The van der Waals surface area contributed by atoms with Crippen molar-refractivity contribution in [3.8, 4) is 11.5 Å². The largest absolute Gasteiger partial charge is 0.486 e. The highest BCUT2D eigenvalue weighted by Crippen LogP contribution is 2.39. The Morgan fingerprint density at radius 3 is 2.52 bits per heavy atom. The summed E-state index contributed by atoms with van der Waals surface area (Å²) < 4.78 is 12.9. The topological polar surface area (TPSA) is 54.9 Å². The van der Waals surface area contributed by atoms with E-state index < -0.39 is 0 Å². The smallest absolute Gasteiger partial charge is 0.270 e. The van der Waals surface area contributed by atoms with Crippen LogP contribution in [0.2, 0.25) is 4.34 Å². The molecule has 0 atom stereocenters. The van der Waals surface area contributed by atoms with Crippen LogP contribution in [-0.2, 0) is 0 Å². The van der Waals surface area contributed by atoms with Crippen LogP contribution in [0, 0.1) is 0 Å². The highest BCUT2D eigenvalue weighted by Gasteiger charge is 2.24. The van der Waals surface area contributed by atoms with Gasteiger partial charge >= 0.3 is 0 Å². The van der Waals surface area contributed by atoms with Crippen molar-refractivity contribution >= 4 is 67.9 Å². The molecule has 1 aliphatic heterocycles. The fourth-order valence-corrected chi connectivity index (χ4v) is 4.95. The van der Waals surface area contributed by atoms with E-state index in [1.807, 2.05) is 26.2 Å². The number of carbonyl (C=O) groups is 1. The van der Waals surface area contributed by atoms with Crippen LogP contribution < -0.4 is 14.4 Å². The molecule has 29 heavy (non-hydrogen) atoms. The Morgan fingerprint density at radius 1 is 1.14 bits per heavy atom. The summed E-state index contributed by atoms with van der Waals surface area (Å²) in [4.78, 5) is 22.3. The molecule has 0 aliphatic carbocycles. The molecule has 0 unspecified atom stereocenters. The molecular weight excluding hydrogens is 453 g/mol. The predicted molar refractivity (Wildman–Crippen MR) is 122 cm³/mol. The zero-order valence-corrected chi connectivity index (χ0v) is 19.2. The van der Waals surface area contributed by atoms with Gasteiger partial charge in [-0.2, -0.15) is 0 Å². The van der Waals surface area contributed by atoms with E-state index >= 15 is 0 Å². The maximum atomic E-state index is 13.1. The zero-order valence-electron chi connectivity index (χ0n) is 16.0. The van der Waals surface area contributed by atoms with Crippen molar-refractivity contribution in [1.82, 2.24) is 9.88 Å². The molecule has 156 valence electrons. The van der Waals surface area contributed by atoms with Crippen molar-refractivity contribution < 1.29 is 14.3 Å². The number of benzene rings is 1. The third kappa shape index (κ3) is 4.95. The minimum atomic E-state index is -0.0769. The van der Waals surface area contributed by atoms with Crippen LogP contribution in [0.3, 0.4) is 0 Å². The maximum Gasteiger partial charge on any atom is 0.270 e. The number of amides is 1. The molecule has 6 nitrogen and oxygen atoms in total. The third-order valence-corrected chi connectivity index (χ3v) is 6.55. The highest BCUT2D eigenvalue weighted by atomic mass is 35.5. The average molecular weight is 474 g/mol. The summed E-state index contributed by atoms with van der Waals surface area (Å²) in [6.45, 7) is 2.54. The van der Waals surface area contributed by atoms with Gasteiger partial charge in [0.15, 0.2) is 16.6 Å². The van der Waals surface area contributed by atoms with Crippen LogP contribution in [-0.4, -0.2) is 56.2 Å². The fraction of sp³-hybridized carbons (Fsp3) is 0.368. The summed E-state index contributed by atoms with van der Waals surface area (Å²) >= 11 is 8.81. The molecule has 1 aromatic carbocycles. The summed E-state index contributed by atoms with van der Waals surface area (Å²) in [7, 11) is 4.04. The van der Waals surface area contributed by atoms with Gasteiger partial charge < -0.3 is 14.4 Å². The Hall–Kier alpha value is -1.58. The first-order valence-corrected chi connectivity index (χ1v) is 10.9. The lowest BCUT2D eigenvalue weighted by Crippen LogP contribution is -2.32. The maximum absolute atomic E-state index is 13.1. The van der Waals surface area contributed by atoms with E-state index in [1.165, 1.54) is 22.7 Å². The molecule has 4 rings (SSSR count). The van der Waals surface area contributed by atoms with Crippen LogP contribution in [0.5, 0.6) is 11.5 Å². The van der Waals surface area contributed by atoms with Crippen molar-refractivity contribution in [2.75, 3.05) is 45.3 Å². The van der Waals surface area contributed by atoms with Gasteiger partial charge in [-0.15, -0.1) is 23.7 Å². The lowest BCUT2D eigenvalue weighted by molar-refractivity contribution is 0.0990. The number of aromatic nitrogens is 1. The molecule has 0 N–H and O–H groups in total. The lowest BCUT2D eigenvalue weighted by Gasteiger charge is -2.20. The molecule has 0 spiro atoms. The molecule has 0 bridgehead atoms. The third-order valence-electron chi connectivity index (χ3n) is 4.29. The molecule has 0 radical (unpaired) electrons. The highest BCUT2D eigenvalue weighted by molar-refractivity contribution is 7.22. The monoisotopic (exact) mass is 473 g/mol. The van der Waals surface area contributed by atoms with E-state index in [2.05, 4.69) is 4.90 Å². The number of rotatable bonds is 6. The number of anilines is 1. The minimum absolute atomic E-state index is 0. The van der Waals surface area contributed by atoms with Crippen LogP contribution in [0.15, 0.2) is 24.3 Å². The number of thiazole rings is 1. The van der Waals surface area contributed by atoms with Crippen LogP contribution in [0.4, 0.5) is 5.13 Å². The van der Waals surface area contributed by atoms with E-state index in [-0.39, 0.29) is 18.3 Å². The summed E-state index contributed by atoms with van der Waals surface area (Å²) in [5, 5.41) is 0.672. The second-order valence-corrected chi connectivity index (χ2v) is 9.40. The first-order valence-electron chi connectivity index (χ1n) is 8.93. The molecule has 0 fully saturated rings. The van der Waals surface area contributed by atoms with Crippen molar-refractivity contribution in [3.63, 3.8) is 0 Å². The molecule has 0 saturated carbocycles. The average Bonchev–Trinajstić information content (AvgIpc) is 3.28.